The predicted octanol–water partition coefficient (Wildman–Crippen LogP) is 1.26. The van der Waals surface area contributed by atoms with Crippen LogP contribution in [0.1, 0.15) is 19.8 Å². The maximum atomic E-state index is 4.92. The second-order valence-electron chi connectivity index (χ2n) is 1.20. The Morgan fingerprint density at radius 3 is 2.50 bits per heavy atom. The van der Waals surface area contributed by atoms with Crippen molar-refractivity contribution < 1.29 is 27.7 Å². The summed E-state index contributed by atoms with van der Waals surface area (Å²) in [5, 5.41) is 0. The van der Waals surface area contributed by atoms with E-state index in [1.54, 1.807) is 0 Å². The van der Waals surface area contributed by atoms with Gasteiger partial charge in [-0.25, -0.2) is 0 Å². The van der Waals surface area contributed by atoms with Gasteiger partial charge in [-0.3, -0.25) is 0 Å². The van der Waals surface area contributed by atoms with E-state index < -0.39 is 0 Å². The van der Waals surface area contributed by atoms with Crippen LogP contribution in [-0.4, -0.2) is 6.61 Å². The summed E-state index contributed by atoms with van der Waals surface area (Å²) in [5.74, 6) is 0. The fourth-order valence-corrected chi connectivity index (χ4v) is 0.735. The van der Waals surface area contributed by atoms with E-state index in [1.807, 2.05) is 0 Å². The van der Waals surface area contributed by atoms with Crippen LogP contribution in [0.3, 0.4) is 0 Å². The van der Waals surface area contributed by atoms with Gasteiger partial charge in [-0.05, 0) is 0 Å². The summed E-state index contributed by atoms with van der Waals surface area (Å²) in [5.41, 5.74) is 0. The third kappa shape index (κ3) is 4.83. The normalized spacial score (nSPS) is 8.67. The Bertz CT molecular complexity index is 19.5. The molecule has 0 aromatic rings. The predicted molar refractivity (Wildman–Crippen MR) is 20.9 cm³/mol. The van der Waals surface area contributed by atoms with E-state index in [9.17, 15) is 0 Å². The second kappa shape index (κ2) is 5.83. The Labute approximate surface area is 54.3 Å². The monoisotopic (exact) mass is 253 g/mol. The van der Waals surface area contributed by atoms with Gasteiger partial charge in [0.2, 0.25) is 0 Å². The molecule has 0 atom stereocenters. The fourth-order valence-electron chi connectivity index (χ4n) is 0.217. The number of hydrogen-bond acceptors (Lipinski definition) is 1. The van der Waals surface area contributed by atoms with E-state index in [1.165, 1.54) is 12.8 Å². The molecule has 0 spiro atoms. The molecule has 6 heavy (non-hydrogen) atoms. The molecule has 0 rings (SSSR count). The van der Waals surface area contributed by atoms with Crippen LogP contribution in [0.4, 0.5) is 0 Å². The Morgan fingerprint density at radius 2 is 2.33 bits per heavy atom. The first-order valence-electron chi connectivity index (χ1n) is 2.20. The van der Waals surface area contributed by atoms with Gasteiger partial charge >= 0.3 is 54.0 Å². The van der Waals surface area contributed by atoms with E-state index >= 15 is 0 Å². The molecule has 0 aromatic carbocycles. The molecule has 0 saturated carbocycles. The molecule has 0 aliphatic heterocycles. The van der Waals surface area contributed by atoms with Crippen LogP contribution in [0.5, 0.6) is 0 Å². The van der Waals surface area contributed by atoms with Crippen molar-refractivity contribution >= 4 is 0 Å². The van der Waals surface area contributed by atoms with Gasteiger partial charge in [0, 0.05) is 0 Å². The first-order chi connectivity index (χ1) is 2.91. The average molecular weight is 252 g/mol. The van der Waals surface area contributed by atoms with Gasteiger partial charge in [0.15, 0.2) is 0 Å². The van der Waals surface area contributed by atoms with Gasteiger partial charge in [-0.15, -0.1) is 0 Å². The van der Waals surface area contributed by atoms with Crippen molar-refractivity contribution in [2.75, 3.05) is 6.61 Å². The van der Waals surface area contributed by atoms with Crippen molar-refractivity contribution in [2.45, 2.75) is 19.8 Å². The summed E-state index contributed by atoms with van der Waals surface area (Å²) >= 11 is 0.903. The molecule has 35 valence electrons. The molecule has 1 nitrogen and oxygen atoms in total. The van der Waals surface area contributed by atoms with E-state index in [4.69, 9.17) is 2.85 Å². The van der Waals surface area contributed by atoms with Crippen LogP contribution >= 0.6 is 0 Å². The van der Waals surface area contributed by atoms with Crippen molar-refractivity contribution in [3.63, 3.8) is 0 Å². The van der Waals surface area contributed by atoms with E-state index in [0.717, 1.165) is 31.4 Å². The van der Waals surface area contributed by atoms with Gasteiger partial charge in [0.1, 0.15) is 0 Å². The van der Waals surface area contributed by atoms with Gasteiger partial charge in [0.25, 0.3) is 0 Å². The topological polar surface area (TPSA) is 9.23 Å². The minimum atomic E-state index is 0.903. The van der Waals surface area contributed by atoms with Gasteiger partial charge in [-0.2, -0.15) is 0 Å². The maximum absolute atomic E-state index is 4.92. The molecular weight excluding hydrogens is 243 g/mol. The Hall–Kier alpha value is 0.830. The van der Waals surface area contributed by atoms with Crippen molar-refractivity contribution in [1.29, 1.82) is 0 Å². The van der Waals surface area contributed by atoms with Crippen LogP contribution in [0.25, 0.3) is 0 Å². The second-order valence-corrected chi connectivity index (χ2v) is 2.24. The zero-order valence-corrected chi connectivity index (χ0v) is 7.62. The summed E-state index contributed by atoms with van der Waals surface area (Å²) in [6.07, 6.45) is 2.48. The molecule has 0 aliphatic rings. The van der Waals surface area contributed by atoms with Crippen LogP contribution in [0.2, 0.25) is 0 Å². The number of rotatable bonds is 3. The summed E-state index contributed by atoms with van der Waals surface area (Å²) in [6, 6.07) is 0. The molecule has 0 heterocycles. The zero-order valence-electron chi connectivity index (χ0n) is 4.03. The van der Waals surface area contributed by atoms with E-state index in [-0.39, 0.29) is 0 Å². The molecule has 0 saturated heterocycles. The third-order valence-corrected chi connectivity index (χ3v) is 1.33. The molecular formula is C4H9HfO. The quantitative estimate of drug-likeness (QED) is 0.542. The van der Waals surface area contributed by atoms with E-state index in [0.29, 0.717) is 0 Å². The Morgan fingerprint density at radius 1 is 1.67 bits per heavy atom. The van der Waals surface area contributed by atoms with Crippen molar-refractivity contribution in [3.05, 3.63) is 0 Å². The number of hydrogen-bond donors (Lipinski definition) is 0. The zero-order chi connectivity index (χ0) is 4.83. The van der Waals surface area contributed by atoms with Crippen LogP contribution < -0.4 is 0 Å². The van der Waals surface area contributed by atoms with Crippen molar-refractivity contribution in [3.8, 4) is 0 Å². The van der Waals surface area contributed by atoms with Crippen LogP contribution in [0, 0.1) is 0 Å². The Balaban J connectivity index is 2.34. The van der Waals surface area contributed by atoms with Crippen LogP contribution in [-0.2, 0) is 27.7 Å². The summed E-state index contributed by atoms with van der Waals surface area (Å²) in [4.78, 5) is 0. The first-order valence-corrected chi connectivity index (χ1v) is 3.67. The third-order valence-electron chi connectivity index (χ3n) is 0.600. The summed E-state index contributed by atoms with van der Waals surface area (Å²) in [7, 11) is 0. The first kappa shape index (κ1) is 6.83. The Kier molecular flexibility index (Phi) is 6.64. The van der Waals surface area contributed by atoms with Gasteiger partial charge in [-0.1, -0.05) is 0 Å². The van der Waals surface area contributed by atoms with E-state index in [2.05, 4.69) is 6.92 Å². The minimum absolute atomic E-state index is 0.903. The number of unbranched alkanes of at least 4 members (excludes halogenated alkanes) is 1. The molecule has 0 fully saturated rings. The molecule has 0 aliphatic carbocycles. The molecule has 0 aromatic heterocycles. The van der Waals surface area contributed by atoms with Crippen molar-refractivity contribution in [2.24, 2.45) is 0 Å². The van der Waals surface area contributed by atoms with Gasteiger partial charge in [0.05, 0.1) is 0 Å². The molecule has 0 amide bonds. The molecule has 0 radical (unpaired) electrons. The van der Waals surface area contributed by atoms with Crippen molar-refractivity contribution in [1.82, 2.24) is 0 Å². The average Bonchev–Trinajstić information content (AvgIpc) is 1.61. The molecule has 0 N–H and O–H groups in total. The van der Waals surface area contributed by atoms with Crippen LogP contribution in [0.15, 0.2) is 0 Å². The fraction of sp³-hybridized carbons (Fsp3) is 1.00. The molecule has 2 heteroatoms. The standard InChI is InChI=1S/C4H9O.Hf/c1-2-3-4-5;/h2-4H2,1H3;/q-1;+1. The molecule has 0 unspecified atom stereocenters. The SMILES string of the molecule is CCCC[O][Hf]. The molecule has 0 bridgehead atoms. The summed E-state index contributed by atoms with van der Waals surface area (Å²) in [6.45, 7) is 3.14. The summed E-state index contributed by atoms with van der Waals surface area (Å²) < 4.78 is 4.92. The van der Waals surface area contributed by atoms with Gasteiger partial charge < -0.3 is 0 Å².